The van der Waals surface area contributed by atoms with Gasteiger partial charge in [-0.05, 0) is 6.07 Å². The van der Waals surface area contributed by atoms with Crippen molar-refractivity contribution in [3.8, 4) is 0 Å². The molecule has 10 heavy (non-hydrogen) atoms. The van der Waals surface area contributed by atoms with Crippen molar-refractivity contribution in [3.63, 3.8) is 0 Å². The fraction of sp³-hybridized carbons (Fsp3) is 0.286. The number of aliphatic hydroxyl groups excluding tert-OH is 1. The van der Waals surface area contributed by atoms with E-state index < -0.39 is 0 Å². The van der Waals surface area contributed by atoms with Gasteiger partial charge in [0.15, 0.2) is 0 Å². The molecule has 0 aromatic carbocycles. The molecule has 2 nitrogen and oxygen atoms in total. The van der Waals surface area contributed by atoms with E-state index in [1.807, 2.05) is 26.2 Å². The Balaban J connectivity index is 2.80. The molecule has 0 bridgehead atoms. The van der Waals surface area contributed by atoms with Crippen LogP contribution in [-0.4, -0.2) is 17.4 Å². The predicted octanol–water partition coefficient (Wildman–Crippen LogP) is -0.0485. The van der Waals surface area contributed by atoms with Gasteiger partial charge in [0.2, 0.25) is 0 Å². The Hall–Kier alpha value is -0.825. The van der Waals surface area contributed by atoms with Gasteiger partial charge in [-0.1, -0.05) is 18.4 Å². The lowest BCUT2D eigenvalue weighted by atomic mass is 9.74. The third-order valence-electron chi connectivity index (χ3n) is 1.34. The summed E-state index contributed by atoms with van der Waals surface area (Å²) < 4.78 is 0. The molecule has 0 aliphatic rings. The lowest BCUT2D eigenvalue weighted by molar-refractivity contribution is 0.277. The maximum Gasteiger partial charge on any atom is 0.150 e. The molecule has 1 aromatic rings. The van der Waals surface area contributed by atoms with Crippen LogP contribution in [0.25, 0.3) is 0 Å². The van der Waals surface area contributed by atoms with Crippen molar-refractivity contribution in [2.24, 2.45) is 0 Å². The minimum atomic E-state index is 0.0179. The van der Waals surface area contributed by atoms with Gasteiger partial charge in [-0.2, -0.15) is 0 Å². The molecule has 1 N–H and O–H groups in total. The summed E-state index contributed by atoms with van der Waals surface area (Å²) in [6.45, 7) is 1.97. The van der Waals surface area contributed by atoms with Gasteiger partial charge < -0.3 is 5.11 Å². The van der Waals surface area contributed by atoms with Crippen molar-refractivity contribution in [3.05, 3.63) is 24.0 Å². The highest BCUT2D eigenvalue weighted by Crippen LogP contribution is 1.89. The van der Waals surface area contributed by atoms with E-state index in [1.54, 1.807) is 6.20 Å². The van der Waals surface area contributed by atoms with Crippen molar-refractivity contribution in [1.82, 2.24) is 4.98 Å². The summed E-state index contributed by atoms with van der Waals surface area (Å²) in [6, 6.07) is 3.74. The van der Waals surface area contributed by atoms with Crippen LogP contribution in [0.3, 0.4) is 0 Å². The number of pyridine rings is 1. The minimum Gasteiger partial charge on any atom is -0.390 e. The van der Waals surface area contributed by atoms with Crippen LogP contribution in [0, 0.1) is 0 Å². The number of aliphatic hydroxyl groups is 1. The van der Waals surface area contributed by atoms with E-state index in [2.05, 4.69) is 4.98 Å². The lowest BCUT2D eigenvalue weighted by Crippen LogP contribution is -2.11. The van der Waals surface area contributed by atoms with Gasteiger partial charge >= 0.3 is 0 Å². The summed E-state index contributed by atoms with van der Waals surface area (Å²) in [7, 11) is 1.97. The van der Waals surface area contributed by atoms with Gasteiger partial charge in [0.05, 0.1) is 12.3 Å². The molecule has 0 aliphatic heterocycles. The minimum absolute atomic E-state index is 0.0179. The SMILES string of the molecule is C[B]c1ccc(CO)nc1. The van der Waals surface area contributed by atoms with Crippen LogP contribution in [0.5, 0.6) is 0 Å². The topological polar surface area (TPSA) is 33.1 Å². The molecule has 3 heteroatoms. The maximum atomic E-state index is 8.63. The average molecular weight is 134 g/mol. The second-order valence-corrected chi connectivity index (χ2v) is 2.03. The highest BCUT2D eigenvalue weighted by molar-refractivity contribution is 6.51. The summed E-state index contributed by atoms with van der Waals surface area (Å²) >= 11 is 0. The van der Waals surface area contributed by atoms with Gasteiger partial charge in [0.25, 0.3) is 0 Å². The second-order valence-electron chi connectivity index (χ2n) is 2.03. The molecule has 1 rings (SSSR count). The smallest absolute Gasteiger partial charge is 0.150 e. The normalized spacial score (nSPS) is 9.40. The molecule has 0 unspecified atom stereocenters. The first-order valence-corrected chi connectivity index (χ1v) is 3.22. The summed E-state index contributed by atoms with van der Waals surface area (Å²) in [6.07, 6.45) is 1.74. The Labute approximate surface area is 61.2 Å². The average Bonchev–Trinajstić information content (AvgIpc) is 2.05. The van der Waals surface area contributed by atoms with Crippen molar-refractivity contribution < 1.29 is 5.11 Å². The number of aromatic nitrogens is 1. The molecule has 0 fully saturated rings. The van der Waals surface area contributed by atoms with Crippen molar-refractivity contribution in [2.45, 2.75) is 13.4 Å². The number of hydrogen-bond acceptors (Lipinski definition) is 2. The summed E-state index contributed by atoms with van der Waals surface area (Å²) in [5.41, 5.74) is 1.79. The molecular formula is C7H9BNO. The molecule has 0 atom stereocenters. The largest absolute Gasteiger partial charge is 0.390 e. The van der Waals surface area contributed by atoms with Crippen LogP contribution in [0.4, 0.5) is 0 Å². The molecule has 1 aromatic heterocycles. The zero-order chi connectivity index (χ0) is 7.40. The molecule has 0 saturated carbocycles. The molecule has 1 heterocycles. The van der Waals surface area contributed by atoms with E-state index in [0.717, 1.165) is 5.46 Å². The fourth-order valence-electron chi connectivity index (χ4n) is 0.700. The van der Waals surface area contributed by atoms with Crippen LogP contribution in [0.15, 0.2) is 18.3 Å². The third-order valence-corrected chi connectivity index (χ3v) is 1.34. The van der Waals surface area contributed by atoms with E-state index in [-0.39, 0.29) is 6.61 Å². The lowest BCUT2D eigenvalue weighted by Gasteiger charge is -1.95. The van der Waals surface area contributed by atoms with Gasteiger partial charge in [0, 0.05) is 6.20 Å². The van der Waals surface area contributed by atoms with Crippen LogP contribution < -0.4 is 5.46 Å². The zero-order valence-electron chi connectivity index (χ0n) is 5.91. The summed E-state index contributed by atoms with van der Waals surface area (Å²) in [4.78, 5) is 3.99. The van der Waals surface area contributed by atoms with Gasteiger partial charge in [0.1, 0.15) is 7.28 Å². The van der Waals surface area contributed by atoms with Gasteiger partial charge in [-0.3, -0.25) is 4.98 Å². The quantitative estimate of drug-likeness (QED) is 0.575. The number of rotatable bonds is 2. The van der Waals surface area contributed by atoms with Crippen LogP contribution in [-0.2, 0) is 6.61 Å². The Morgan fingerprint density at radius 1 is 1.60 bits per heavy atom. The van der Waals surface area contributed by atoms with Crippen molar-refractivity contribution >= 4 is 12.7 Å². The molecule has 51 valence electrons. The Morgan fingerprint density at radius 3 is 2.80 bits per heavy atom. The number of hydrogen-bond donors (Lipinski definition) is 1. The van der Waals surface area contributed by atoms with Crippen molar-refractivity contribution in [2.75, 3.05) is 0 Å². The van der Waals surface area contributed by atoms with E-state index in [4.69, 9.17) is 5.11 Å². The van der Waals surface area contributed by atoms with Crippen LogP contribution in [0.1, 0.15) is 5.69 Å². The molecule has 0 aliphatic carbocycles. The Morgan fingerprint density at radius 2 is 2.40 bits per heavy atom. The Kier molecular flexibility index (Phi) is 2.45. The van der Waals surface area contributed by atoms with E-state index >= 15 is 0 Å². The molecule has 1 radical (unpaired) electrons. The zero-order valence-corrected chi connectivity index (χ0v) is 5.91. The summed E-state index contributed by atoms with van der Waals surface area (Å²) in [5.74, 6) is 0. The fourth-order valence-corrected chi connectivity index (χ4v) is 0.700. The van der Waals surface area contributed by atoms with Gasteiger partial charge in [-0.15, -0.1) is 0 Å². The van der Waals surface area contributed by atoms with E-state index in [1.165, 1.54) is 0 Å². The summed E-state index contributed by atoms with van der Waals surface area (Å²) in [5, 5.41) is 8.63. The highest BCUT2D eigenvalue weighted by Gasteiger charge is 1.91. The third kappa shape index (κ3) is 1.58. The Bertz CT molecular complexity index is 174. The first kappa shape index (κ1) is 7.28. The first-order valence-electron chi connectivity index (χ1n) is 3.22. The molecule has 0 saturated heterocycles. The highest BCUT2D eigenvalue weighted by atomic mass is 16.3. The molecule has 0 amide bonds. The number of nitrogens with zero attached hydrogens (tertiary/aromatic N) is 1. The first-order chi connectivity index (χ1) is 4.86. The van der Waals surface area contributed by atoms with Crippen LogP contribution in [0.2, 0.25) is 6.82 Å². The second kappa shape index (κ2) is 3.37. The van der Waals surface area contributed by atoms with Gasteiger partial charge in [-0.25, -0.2) is 0 Å². The van der Waals surface area contributed by atoms with E-state index in [9.17, 15) is 0 Å². The molecular weight excluding hydrogens is 125 g/mol. The van der Waals surface area contributed by atoms with Crippen molar-refractivity contribution in [1.29, 1.82) is 0 Å². The van der Waals surface area contributed by atoms with E-state index in [0.29, 0.717) is 5.69 Å². The monoisotopic (exact) mass is 134 g/mol. The maximum absolute atomic E-state index is 8.63. The molecule has 0 spiro atoms. The van der Waals surface area contributed by atoms with Crippen LogP contribution >= 0.6 is 0 Å². The predicted molar refractivity (Wildman–Crippen MR) is 41.4 cm³/mol. The standard InChI is InChI=1S/C7H9BNO/c1-8-6-2-3-7(5-10)9-4-6/h2-4,10H,5H2,1H3.